The third-order valence-electron chi connectivity index (χ3n) is 2.35. The van der Waals surface area contributed by atoms with E-state index in [1.54, 1.807) is 12.3 Å². The number of nitrogens with zero attached hydrogens (tertiary/aromatic N) is 3. The number of H-pyrrole nitrogens is 1. The van der Waals surface area contributed by atoms with Gasteiger partial charge in [0.25, 0.3) is 5.91 Å². The Hall–Kier alpha value is -2.24. The molecule has 0 aliphatic carbocycles. The van der Waals surface area contributed by atoms with Crippen LogP contribution in [0.1, 0.15) is 10.5 Å². The smallest absolute Gasteiger partial charge is 0.265 e. The molecule has 0 atom stereocenters. The molecule has 3 rings (SSSR count). The summed E-state index contributed by atoms with van der Waals surface area (Å²) in [6.07, 6.45) is 1.63. The lowest BCUT2D eigenvalue weighted by Gasteiger charge is -1.86. The van der Waals surface area contributed by atoms with Gasteiger partial charge in [-0.15, -0.1) is 0 Å². The molecule has 0 spiro atoms. The zero-order chi connectivity index (χ0) is 10.4. The molecule has 74 valence electrons. The third kappa shape index (κ3) is 1.04. The first-order chi connectivity index (χ1) is 7.25. The monoisotopic (exact) mass is 201 g/mol. The van der Waals surface area contributed by atoms with Gasteiger partial charge in [0.1, 0.15) is 23.4 Å². The van der Waals surface area contributed by atoms with E-state index in [0.717, 1.165) is 16.1 Å². The number of nitrogens with one attached hydrogen (secondary N) is 1. The molecule has 6 heteroatoms. The van der Waals surface area contributed by atoms with Crippen LogP contribution in [0.2, 0.25) is 0 Å². The number of fused-ring (bicyclic) bond motifs is 3. The molecule has 15 heavy (non-hydrogen) atoms. The van der Waals surface area contributed by atoms with E-state index < -0.39 is 5.91 Å². The van der Waals surface area contributed by atoms with Crippen LogP contribution in [0.15, 0.2) is 22.2 Å². The predicted octanol–water partition coefficient (Wildman–Crippen LogP) is -1.13. The summed E-state index contributed by atoms with van der Waals surface area (Å²) in [5, 5.41) is 2.34. The van der Waals surface area contributed by atoms with Crippen LogP contribution in [0.4, 0.5) is 0 Å². The molecule has 1 amide bonds. The maximum absolute atomic E-state index is 11.0. The molecule has 2 aromatic heterocycles. The van der Waals surface area contributed by atoms with Crippen molar-refractivity contribution in [3.63, 3.8) is 0 Å². The van der Waals surface area contributed by atoms with Crippen molar-refractivity contribution < 1.29 is 4.79 Å². The quantitative estimate of drug-likeness (QED) is 0.610. The summed E-state index contributed by atoms with van der Waals surface area (Å²) in [5.41, 5.74) is 6.13. The van der Waals surface area contributed by atoms with Gasteiger partial charge in [-0.3, -0.25) is 14.8 Å². The number of carbonyl (C=O) groups excluding carboxylic acids is 1. The summed E-state index contributed by atoms with van der Waals surface area (Å²) >= 11 is 0. The van der Waals surface area contributed by atoms with Gasteiger partial charge in [0.05, 0.1) is 11.6 Å². The highest BCUT2D eigenvalue weighted by Gasteiger charge is 2.10. The number of aromatic nitrogens is 2. The van der Waals surface area contributed by atoms with Crippen LogP contribution in [0, 0.1) is 0 Å². The fraction of sp³-hybridized carbons (Fsp3) is 0.111. The average molecular weight is 201 g/mol. The fourth-order valence-electron chi connectivity index (χ4n) is 1.65. The van der Waals surface area contributed by atoms with E-state index in [4.69, 9.17) is 5.73 Å². The lowest BCUT2D eigenvalue weighted by Crippen LogP contribution is -2.22. The van der Waals surface area contributed by atoms with Gasteiger partial charge in [0.15, 0.2) is 0 Å². The van der Waals surface area contributed by atoms with E-state index in [9.17, 15) is 4.79 Å². The molecule has 0 aromatic carbocycles. The van der Waals surface area contributed by atoms with E-state index in [1.165, 1.54) is 0 Å². The molecule has 1 aliphatic heterocycles. The minimum atomic E-state index is -0.503. The van der Waals surface area contributed by atoms with Gasteiger partial charge in [-0.1, -0.05) is 0 Å². The van der Waals surface area contributed by atoms with Crippen LogP contribution < -0.4 is 16.4 Å². The van der Waals surface area contributed by atoms with Crippen LogP contribution in [0.5, 0.6) is 0 Å². The van der Waals surface area contributed by atoms with Crippen molar-refractivity contribution in [3.8, 4) is 0 Å². The van der Waals surface area contributed by atoms with Gasteiger partial charge < -0.3 is 10.7 Å². The van der Waals surface area contributed by atoms with E-state index >= 15 is 0 Å². The van der Waals surface area contributed by atoms with Gasteiger partial charge in [0.2, 0.25) is 0 Å². The summed E-state index contributed by atoms with van der Waals surface area (Å²) in [6, 6.07) is 1.66. The molecule has 0 unspecified atom stereocenters. The Labute approximate surface area is 83.6 Å². The maximum Gasteiger partial charge on any atom is 0.265 e. The van der Waals surface area contributed by atoms with Gasteiger partial charge in [-0.2, -0.15) is 0 Å². The molecule has 0 bridgehead atoms. The molecule has 2 aromatic rings. The first-order valence-corrected chi connectivity index (χ1v) is 4.42. The van der Waals surface area contributed by atoms with Crippen molar-refractivity contribution in [2.75, 3.05) is 6.67 Å². The van der Waals surface area contributed by atoms with Crippen molar-refractivity contribution >= 4 is 16.9 Å². The third-order valence-corrected chi connectivity index (χ3v) is 2.35. The molecule has 6 nitrogen and oxygen atoms in total. The summed E-state index contributed by atoms with van der Waals surface area (Å²) in [6.45, 7) is 0.424. The normalized spacial score (nSPS) is 13.3. The first kappa shape index (κ1) is 8.10. The highest BCUT2D eigenvalue weighted by Crippen LogP contribution is 2.07. The van der Waals surface area contributed by atoms with E-state index in [2.05, 4.69) is 20.0 Å². The molecule has 0 saturated carbocycles. The number of hydrogen-bond acceptors (Lipinski definition) is 4. The van der Waals surface area contributed by atoms with Crippen LogP contribution in [-0.2, 0) is 0 Å². The minimum absolute atomic E-state index is 0.341. The lowest BCUT2D eigenvalue weighted by atomic mass is 10.3. The SMILES string of the molecule is NC(=O)c1cc2c3c(cnc2[nH]1)=NCN=3. The van der Waals surface area contributed by atoms with Crippen molar-refractivity contribution in [3.05, 3.63) is 28.7 Å². The van der Waals surface area contributed by atoms with Crippen molar-refractivity contribution in [1.29, 1.82) is 0 Å². The van der Waals surface area contributed by atoms with Crippen LogP contribution in [0.25, 0.3) is 11.0 Å². The molecule has 0 fully saturated rings. The molecule has 0 radical (unpaired) electrons. The maximum atomic E-state index is 11.0. The Morgan fingerprint density at radius 1 is 1.47 bits per heavy atom. The van der Waals surface area contributed by atoms with Gasteiger partial charge >= 0.3 is 0 Å². The molecular weight excluding hydrogens is 194 g/mol. The van der Waals surface area contributed by atoms with Crippen molar-refractivity contribution in [2.45, 2.75) is 0 Å². The molecule has 0 saturated heterocycles. The van der Waals surface area contributed by atoms with Crippen LogP contribution in [0.3, 0.4) is 0 Å². The van der Waals surface area contributed by atoms with Gasteiger partial charge in [-0.05, 0) is 6.07 Å². The highest BCUT2D eigenvalue weighted by atomic mass is 16.1. The Morgan fingerprint density at radius 3 is 3.13 bits per heavy atom. The van der Waals surface area contributed by atoms with Crippen LogP contribution in [-0.4, -0.2) is 22.5 Å². The Kier molecular flexibility index (Phi) is 1.42. The second-order valence-electron chi connectivity index (χ2n) is 3.26. The molecular formula is C9H7N5O. The summed E-state index contributed by atoms with van der Waals surface area (Å²) in [7, 11) is 0. The summed E-state index contributed by atoms with van der Waals surface area (Å²) in [5.74, 6) is -0.503. The summed E-state index contributed by atoms with van der Waals surface area (Å²) < 4.78 is 0. The van der Waals surface area contributed by atoms with Crippen LogP contribution >= 0.6 is 0 Å². The molecule has 1 aliphatic rings. The predicted molar refractivity (Wildman–Crippen MR) is 51.8 cm³/mol. The standard InChI is InChI=1S/C9H7N5O/c10-8(15)5-1-4-7-6(12-3-13-7)2-11-9(4)14-5/h1-2,14H,3H2,(H2,10,15). The second kappa shape index (κ2) is 2.63. The largest absolute Gasteiger partial charge is 0.364 e. The first-order valence-electron chi connectivity index (χ1n) is 4.42. The van der Waals surface area contributed by atoms with Gasteiger partial charge in [-0.25, -0.2) is 4.98 Å². The molecule has 3 N–H and O–H groups in total. The number of aromatic amines is 1. The minimum Gasteiger partial charge on any atom is -0.364 e. The zero-order valence-electron chi connectivity index (χ0n) is 7.69. The Balaban J connectivity index is 2.48. The van der Waals surface area contributed by atoms with E-state index in [1.807, 2.05) is 0 Å². The van der Waals surface area contributed by atoms with Gasteiger partial charge in [0, 0.05) is 5.39 Å². The summed E-state index contributed by atoms with van der Waals surface area (Å²) in [4.78, 5) is 26.3. The fourth-order valence-corrected chi connectivity index (χ4v) is 1.65. The number of pyridine rings is 1. The number of nitrogens with two attached hydrogens (primary N) is 1. The number of rotatable bonds is 1. The number of amides is 1. The topological polar surface area (TPSA) is 96.5 Å². The van der Waals surface area contributed by atoms with Crippen molar-refractivity contribution in [2.24, 2.45) is 15.7 Å². The highest BCUT2D eigenvalue weighted by molar-refractivity contribution is 5.95. The van der Waals surface area contributed by atoms with E-state index in [0.29, 0.717) is 18.0 Å². The number of carbonyl (C=O) groups is 1. The molecule has 3 heterocycles. The second-order valence-corrected chi connectivity index (χ2v) is 3.26. The van der Waals surface area contributed by atoms with Crippen molar-refractivity contribution in [1.82, 2.24) is 9.97 Å². The number of hydrogen-bond donors (Lipinski definition) is 2. The zero-order valence-corrected chi connectivity index (χ0v) is 7.69. The Morgan fingerprint density at radius 2 is 2.33 bits per heavy atom. The van der Waals surface area contributed by atoms with E-state index in [-0.39, 0.29) is 0 Å². The number of primary amides is 1. The Bertz CT molecular complexity index is 684. The average Bonchev–Trinajstić information content (AvgIpc) is 2.82. The lowest BCUT2D eigenvalue weighted by molar-refractivity contribution is 0.0996.